The molecule has 0 radical (unpaired) electrons. The highest BCUT2D eigenvalue weighted by molar-refractivity contribution is 5.42. The predicted octanol–water partition coefficient (Wildman–Crippen LogP) is 1.00. The first-order valence-corrected chi connectivity index (χ1v) is 4.16. The van der Waals surface area contributed by atoms with Crippen LogP contribution in [0.25, 0.3) is 0 Å². The lowest BCUT2D eigenvalue weighted by atomic mass is 10.3. The normalized spacial score (nSPS) is 11.5. The maximum atomic E-state index is 8.86. The fraction of sp³-hybridized carbons (Fsp3) is 0.400. The quantitative estimate of drug-likeness (QED) is 0.652. The number of terminal acetylenes is 1. The van der Waals surface area contributed by atoms with Crippen LogP contribution in [0.2, 0.25) is 0 Å². The molecule has 1 rings (SSSR count). The molecule has 4 nitrogen and oxygen atoms in total. The second-order valence-corrected chi connectivity index (χ2v) is 2.93. The highest BCUT2D eigenvalue weighted by Gasteiger charge is 2.15. The van der Waals surface area contributed by atoms with Crippen molar-refractivity contribution in [3.05, 3.63) is 11.3 Å². The summed E-state index contributed by atoms with van der Waals surface area (Å²) in [7, 11) is 1.71. The number of ether oxygens (including phenoxy) is 1. The fourth-order valence-corrected chi connectivity index (χ4v) is 1.10. The molecular formula is C10H11N3O. The molecule has 0 aliphatic rings. The van der Waals surface area contributed by atoms with Crippen molar-refractivity contribution in [3.8, 4) is 24.3 Å². The third-order valence-corrected chi connectivity index (χ3v) is 1.80. The number of rotatable bonds is 2. The lowest BCUT2D eigenvalue weighted by Gasteiger charge is -2.08. The summed E-state index contributed by atoms with van der Waals surface area (Å²) in [6.45, 7) is 3.50. The highest BCUT2D eigenvalue weighted by atomic mass is 16.5. The van der Waals surface area contributed by atoms with Crippen molar-refractivity contribution in [2.45, 2.75) is 20.0 Å². The van der Waals surface area contributed by atoms with Crippen LogP contribution < -0.4 is 4.74 Å². The van der Waals surface area contributed by atoms with Crippen LogP contribution in [0.15, 0.2) is 0 Å². The Kier molecular flexibility index (Phi) is 2.79. The summed E-state index contributed by atoms with van der Waals surface area (Å²) in [5.41, 5.74) is 1.09. The minimum atomic E-state index is -0.364. The molecule has 4 heteroatoms. The zero-order valence-corrected chi connectivity index (χ0v) is 8.40. The van der Waals surface area contributed by atoms with Gasteiger partial charge in [-0.2, -0.15) is 10.4 Å². The van der Waals surface area contributed by atoms with Gasteiger partial charge < -0.3 is 4.74 Å². The number of nitriles is 1. The van der Waals surface area contributed by atoms with Gasteiger partial charge in [0.25, 0.3) is 0 Å². The van der Waals surface area contributed by atoms with E-state index in [-0.39, 0.29) is 6.10 Å². The van der Waals surface area contributed by atoms with Gasteiger partial charge in [0.1, 0.15) is 11.6 Å². The molecule has 0 saturated heterocycles. The van der Waals surface area contributed by atoms with E-state index in [9.17, 15) is 0 Å². The number of hydrogen-bond acceptors (Lipinski definition) is 3. The summed E-state index contributed by atoms with van der Waals surface area (Å²) in [5, 5.41) is 12.9. The molecule has 0 aliphatic carbocycles. The molecule has 0 aliphatic heterocycles. The lowest BCUT2D eigenvalue weighted by Crippen LogP contribution is -2.11. The maximum Gasteiger partial charge on any atom is 0.231 e. The topological polar surface area (TPSA) is 50.8 Å². The van der Waals surface area contributed by atoms with Gasteiger partial charge in [0.05, 0.1) is 5.69 Å². The largest absolute Gasteiger partial charge is 0.461 e. The minimum absolute atomic E-state index is 0.364. The summed E-state index contributed by atoms with van der Waals surface area (Å²) in [4.78, 5) is 0. The average molecular weight is 189 g/mol. The van der Waals surface area contributed by atoms with Crippen molar-refractivity contribution in [1.29, 1.82) is 5.26 Å². The molecule has 0 N–H and O–H groups in total. The van der Waals surface area contributed by atoms with Crippen LogP contribution in [-0.2, 0) is 7.05 Å². The van der Waals surface area contributed by atoms with E-state index in [2.05, 4.69) is 11.0 Å². The molecule has 0 fully saturated rings. The van der Waals surface area contributed by atoms with Gasteiger partial charge in [-0.3, -0.25) is 0 Å². The Labute approximate surface area is 83.1 Å². The second-order valence-electron chi connectivity index (χ2n) is 2.93. The molecule has 1 aromatic rings. The van der Waals surface area contributed by atoms with Gasteiger partial charge in [-0.25, -0.2) is 4.68 Å². The third-order valence-electron chi connectivity index (χ3n) is 1.80. The summed E-state index contributed by atoms with van der Waals surface area (Å²) in [6.07, 6.45) is 4.82. The smallest absolute Gasteiger partial charge is 0.231 e. The standard InChI is InChI=1S/C10H11N3O/c1-5-7(2)14-10-9(6-11)8(3)12-13(10)4/h1,7H,2-4H3. The molecule has 14 heavy (non-hydrogen) atoms. The zero-order valence-electron chi connectivity index (χ0n) is 8.40. The van der Waals surface area contributed by atoms with Crippen LogP contribution in [0, 0.1) is 30.6 Å². The monoisotopic (exact) mass is 189 g/mol. The number of aromatic nitrogens is 2. The average Bonchev–Trinajstić information content (AvgIpc) is 2.41. The Morgan fingerprint density at radius 1 is 1.64 bits per heavy atom. The Morgan fingerprint density at radius 3 is 2.79 bits per heavy atom. The third kappa shape index (κ3) is 1.70. The summed E-state index contributed by atoms with van der Waals surface area (Å²) in [5.74, 6) is 2.85. The highest BCUT2D eigenvalue weighted by Crippen LogP contribution is 2.20. The summed E-state index contributed by atoms with van der Waals surface area (Å²) >= 11 is 0. The van der Waals surface area contributed by atoms with Crippen molar-refractivity contribution in [1.82, 2.24) is 9.78 Å². The molecule has 0 amide bonds. The predicted molar refractivity (Wildman–Crippen MR) is 51.6 cm³/mol. The van der Waals surface area contributed by atoms with Gasteiger partial charge in [-0.05, 0) is 13.8 Å². The van der Waals surface area contributed by atoms with E-state index in [1.54, 1.807) is 20.9 Å². The summed E-state index contributed by atoms with van der Waals surface area (Å²) < 4.78 is 6.89. The first-order chi connectivity index (χ1) is 6.60. The van der Waals surface area contributed by atoms with Crippen LogP contribution in [0.1, 0.15) is 18.2 Å². The van der Waals surface area contributed by atoms with Crippen molar-refractivity contribution in [3.63, 3.8) is 0 Å². The van der Waals surface area contributed by atoms with Crippen LogP contribution in [0.4, 0.5) is 0 Å². The van der Waals surface area contributed by atoms with E-state index in [0.717, 1.165) is 0 Å². The van der Waals surface area contributed by atoms with E-state index in [1.807, 2.05) is 6.07 Å². The Morgan fingerprint density at radius 2 is 2.29 bits per heavy atom. The first-order valence-electron chi connectivity index (χ1n) is 4.16. The molecular weight excluding hydrogens is 178 g/mol. The van der Waals surface area contributed by atoms with E-state index in [0.29, 0.717) is 17.1 Å². The molecule has 0 saturated carbocycles. The molecule has 0 bridgehead atoms. The van der Waals surface area contributed by atoms with Crippen LogP contribution in [0.3, 0.4) is 0 Å². The van der Waals surface area contributed by atoms with Gasteiger partial charge in [-0.15, -0.1) is 6.42 Å². The van der Waals surface area contributed by atoms with E-state index < -0.39 is 0 Å². The fourth-order valence-electron chi connectivity index (χ4n) is 1.10. The van der Waals surface area contributed by atoms with E-state index >= 15 is 0 Å². The second kappa shape index (κ2) is 3.85. The lowest BCUT2D eigenvalue weighted by molar-refractivity contribution is 0.254. The first kappa shape index (κ1) is 10.1. The molecule has 0 aromatic carbocycles. The van der Waals surface area contributed by atoms with Crippen molar-refractivity contribution in [2.24, 2.45) is 7.05 Å². The molecule has 1 aromatic heterocycles. The summed E-state index contributed by atoms with van der Waals surface area (Å²) in [6, 6.07) is 2.04. The van der Waals surface area contributed by atoms with Gasteiger partial charge >= 0.3 is 0 Å². The number of hydrogen-bond donors (Lipinski definition) is 0. The Bertz CT molecular complexity index is 420. The number of nitrogens with zero attached hydrogens (tertiary/aromatic N) is 3. The zero-order chi connectivity index (χ0) is 10.7. The van der Waals surface area contributed by atoms with Crippen LogP contribution >= 0.6 is 0 Å². The Balaban J connectivity index is 3.09. The van der Waals surface area contributed by atoms with Crippen molar-refractivity contribution >= 4 is 0 Å². The maximum absolute atomic E-state index is 8.86. The van der Waals surface area contributed by atoms with E-state index in [4.69, 9.17) is 16.4 Å². The molecule has 72 valence electrons. The van der Waals surface area contributed by atoms with E-state index in [1.165, 1.54) is 4.68 Å². The Hall–Kier alpha value is -1.94. The number of aryl methyl sites for hydroxylation is 2. The molecule has 1 heterocycles. The molecule has 1 atom stereocenters. The van der Waals surface area contributed by atoms with Crippen molar-refractivity contribution in [2.75, 3.05) is 0 Å². The van der Waals surface area contributed by atoms with Gasteiger partial charge in [0.2, 0.25) is 5.88 Å². The molecule has 1 unspecified atom stereocenters. The van der Waals surface area contributed by atoms with Crippen LogP contribution in [0.5, 0.6) is 5.88 Å². The van der Waals surface area contributed by atoms with Crippen LogP contribution in [-0.4, -0.2) is 15.9 Å². The SMILES string of the molecule is C#CC(C)Oc1c(C#N)c(C)nn1C. The van der Waals surface area contributed by atoms with Gasteiger partial charge in [0.15, 0.2) is 6.10 Å². The molecule has 0 spiro atoms. The van der Waals surface area contributed by atoms with Gasteiger partial charge in [0, 0.05) is 7.05 Å². The van der Waals surface area contributed by atoms with Crippen molar-refractivity contribution < 1.29 is 4.74 Å². The minimum Gasteiger partial charge on any atom is -0.461 e. The van der Waals surface area contributed by atoms with Gasteiger partial charge in [-0.1, -0.05) is 5.92 Å².